The number of thioether (sulfide) groups is 1. The smallest absolute Gasteiger partial charge is 0.237 e. The normalized spacial score (nSPS) is 15.0. The maximum Gasteiger partial charge on any atom is 0.237 e. The number of hydrogen-bond donors (Lipinski definition) is 0. The molecule has 1 saturated carbocycles. The summed E-state index contributed by atoms with van der Waals surface area (Å²) >= 11 is 1.55. The van der Waals surface area contributed by atoms with E-state index in [0.717, 1.165) is 41.3 Å². The SMILES string of the molecule is CCn1c(SCC(=O)N(c2ccccc2)C2CCCCC2)nc2ccccc21. The molecule has 0 radical (unpaired) electrons. The lowest BCUT2D eigenvalue weighted by atomic mass is 9.93. The molecule has 0 aliphatic heterocycles. The molecule has 1 aliphatic rings. The molecule has 0 unspecified atom stereocenters. The number of carbonyl (C=O) groups is 1. The van der Waals surface area contributed by atoms with Gasteiger partial charge in [-0.15, -0.1) is 0 Å². The molecule has 146 valence electrons. The van der Waals surface area contributed by atoms with Crippen LogP contribution in [0.2, 0.25) is 0 Å². The van der Waals surface area contributed by atoms with Crippen molar-refractivity contribution in [3.8, 4) is 0 Å². The van der Waals surface area contributed by atoms with Crippen molar-refractivity contribution >= 4 is 34.4 Å². The van der Waals surface area contributed by atoms with Crippen LogP contribution in [0, 0.1) is 0 Å². The Kier molecular flexibility index (Phi) is 6.01. The first-order chi connectivity index (χ1) is 13.8. The number of aromatic nitrogens is 2. The van der Waals surface area contributed by atoms with E-state index in [0.29, 0.717) is 11.8 Å². The van der Waals surface area contributed by atoms with Gasteiger partial charge in [0.25, 0.3) is 0 Å². The van der Waals surface area contributed by atoms with E-state index in [1.807, 2.05) is 41.3 Å². The minimum Gasteiger partial charge on any atom is -0.319 e. The summed E-state index contributed by atoms with van der Waals surface area (Å²) in [7, 11) is 0. The van der Waals surface area contributed by atoms with Crippen LogP contribution in [-0.4, -0.2) is 27.3 Å². The summed E-state index contributed by atoms with van der Waals surface area (Å²) in [4.78, 5) is 20.1. The van der Waals surface area contributed by atoms with Crippen LogP contribution < -0.4 is 4.90 Å². The number of amides is 1. The van der Waals surface area contributed by atoms with Crippen molar-refractivity contribution in [2.75, 3.05) is 10.7 Å². The Balaban J connectivity index is 1.55. The van der Waals surface area contributed by atoms with Gasteiger partial charge in [0.15, 0.2) is 5.16 Å². The zero-order valence-corrected chi connectivity index (χ0v) is 17.2. The topological polar surface area (TPSA) is 38.1 Å². The molecule has 3 aromatic rings. The molecule has 5 heteroatoms. The average molecular weight is 394 g/mol. The molecule has 4 nitrogen and oxygen atoms in total. The largest absolute Gasteiger partial charge is 0.319 e. The quantitative estimate of drug-likeness (QED) is 0.518. The first kappa shape index (κ1) is 19.1. The number of carbonyl (C=O) groups excluding carboxylic acids is 1. The lowest BCUT2D eigenvalue weighted by Gasteiger charge is -2.34. The number of imidazole rings is 1. The van der Waals surface area contributed by atoms with Crippen molar-refractivity contribution in [3.05, 3.63) is 54.6 Å². The standard InChI is InChI=1S/C23H27N3OS/c1-2-25-21-16-10-9-15-20(21)24-23(25)28-17-22(27)26(18-11-5-3-6-12-18)19-13-7-4-8-14-19/h3,5-6,9-12,15-16,19H,2,4,7-8,13-14,17H2,1H3. The summed E-state index contributed by atoms with van der Waals surface area (Å²) in [5.41, 5.74) is 3.14. The lowest BCUT2D eigenvalue weighted by Crippen LogP contribution is -2.42. The van der Waals surface area contributed by atoms with Crippen molar-refractivity contribution in [3.63, 3.8) is 0 Å². The van der Waals surface area contributed by atoms with Crippen LogP contribution >= 0.6 is 11.8 Å². The Morgan fingerprint density at radius 3 is 2.54 bits per heavy atom. The summed E-state index contributed by atoms with van der Waals surface area (Å²) in [6.07, 6.45) is 5.89. The fourth-order valence-corrected chi connectivity index (χ4v) is 5.09. The molecule has 1 fully saturated rings. The molecule has 1 amide bonds. The van der Waals surface area contributed by atoms with Crippen LogP contribution in [0.3, 0.4) is 0 Å². The van der Waals surface area contributed by atoms with Crippen molar-refractivity contribution in [1.82, 2.24) is 9.55 Å². The van der Waals surface area contributed by atoms with Gasteiger partial charge in [-0.3, -0.25) is 4.79 Å². The zero-order chi connectivity index (χ0) is 19.3. The minimum atomic E-state index is 0.179. The fourth-order valence-electron chi connectivity index (χ4n) is 4.15. The van der Waals surface area contributed by atoms with Gasteiger partial charge in [-0.1, -0.05) is 61.4 Å². The Labute approximate surface area is 170 Å². The molecule has 0 spiro atoms. The van der Waals surface area contributed by atoms with Crippen LogP contribution in [-0.2, 0) is 11.3 Å². The Morgan fingerprint density at radius 2 is 1.79 bits per heavy atom. The van der Waals surface area contributed by atoms with Crippen molar-refractivity contribution in [2.45, 2.75) is 56.8 Å². The Bertz CT molecular complexity index is 931. The second-order valence-corrected chi connectivity index (χ2v) is 8.25. The van der Waals surface area contributed by atoms with E-state index in [4.69, 9.17) is 4.98 Å². The number of hydrogen-bond acceptors (Lipinski definition) is 3. The molecule has 2 aromatic carbocycles. The third-order valence-corrected chi connectivity index (χ3v) is 6.46. The van der Waals surface area contributed by atoms with Crippen LogP contribution in [0.4, 0.5) is 5.69 Å². The van der Waals surface area contributed by atoms with Crippen molar-refractivity contribution in [1.29, 1.82) is 0 Å². The van der Waals surface area contributed by atoms with Gasteiger partial charge in [0.2, 0.25) is 5.91 Å². The maximum absolute atomic E-state index is 13.3. The zero-order valence-electron chi connectivity index (χ0n) is 16.4. The van der Waals surface area contributed by atoms with Gasteiger partial charge in [-0.25, -0.2) is 4.98 Å². The van der Waals surface area contributed by atoms with Gasteiger partial charge in [0.1, 0.15) is 0 Å². The van der Waals surface area contributed by atoms with Gasteiger partial charge in [-0.05, 0) is 44.0 Å². The second kappa shape index (κ2) is 8.82. The number of rotatable bonds is 6. The molecule has 1 heterocycles. The van der Waals surface area contributed by atoms with E-state index >= 15 is 0 Å². The number of fused-ring (bicyclic) bond motifs is 1. The van der Waals surface area contributed by atoms with E-state index in [2.05, 4.69) is 29.7 Å². The number of para-hydroxylation sites is 3. The molecule has 0 bridgehead atoms. The predicted octanol–water partition coefficient (Wildman–Crippen LogP) is 5.51. The highest BCUT2D eigenvalue weighted by atomic mass is 32.2. The molecule has 1 aromatic heterocycles. The van der Waals surface area contributed by atoms with Crippen LogP contribution in [0.1, 0.15) is 39.0 Å². The maximum atomic E-state index is 13.3. The van der Waals surface area contributed by atoms with Gasteiger partial charge < -0.3 is 9.47 Å². The first-order valence-corrected chi connectivity index (χ1v) is 11.2. The van der Waals surface area contributed by atoms with Gasteiger partial charge >= 0.3 is 0 Å². The molecular formula is C23H27N3OS. The first-order valence-electron chi connectivity index (χ1n) is 10.2. The monoisotopic (exact) mass is 393 g/mol. The minimum absolute atomic E-state index is 0.179. The van der Waals surface area contributed by atoms with Crippen molar-refractivity contribution < 1.29 is 4.79 Å². The highest BCUT2D eigenvalue weighted by molar-refractivity contribution is 7.99. The lowest BCUT2D eigenvalue weighted by molar-refractivity contribution is -0.116. The number of benzene rings is 2. The molecule has 28 heavy (non-hydrogen) atoms. The Hall–Kier alpha value is -2.27. The molecule has 0 N–H and O–H groups in total. The number of aryl methyl sites for hydroxylation is 1. The summed E-state index contributed by atoms with van der Waals surface area (Å²) in [6, 6.07) is 18.6. The third kappa shape index (κ3) is 3.95. The van der Waals surface area contributed by atoms with E-state index in [1.165, 1.54) is 19.3 Å². The van der Waals surface area contributed by atoms with Gasteiger partial charge in [-0.2, -0.15) is 0 Å². The molecule has 1 aliphatic carbocycles. The summed E-state index contributed by atoms with van der Waals surface area (Å²) in [6.45, 7) is 2.97. The van der Waals surface area contributed by atoms with E-state index in [-0.39, 0.29) is 5.91 Å². The predicted molar refractivity (Wildman–Crippen MR) is 117 cm³/mol. The van der Waals surface area contributed by atoms with E-state index < -0.39 is 0 Å². The number of anilines is 1. The molecule has 0 atom stereocenters. The summed E-state index contributed by atoms with van der Waals surface area (Å²) in [5.74, 6) is 0.590. The highest BCUT2D eigenvalue weighted by Gasteiger charge is 2.27. The highest BCUT2D eigenvalue weighted by Crippen LogP contribution is 2.30. The summed E-state index contributed by atoms with van der Waals surface area (Å²) in [5, 5.41) is 0.925. The molecular weight excluding hydrogens is 366 g/mol. The van der Waals surface area contributed by atoms with Crippen molar-refractivity contribution in [2.24, 2.45) is 0 Å². The van der Waals surface area contributed by atoms with Crippen LogP contribution in [0.15, 0.2) is 59.8 Å². The van der Waals surface area contributed by atoms with Crippen LogP contribution in [0.25, 0.3) is 11.0 Å². The van der Waals surface area contributed by atoms with Gasteiger partial charge in [0.05, 0.1) is 16.8 Å². The fraction of sp³-hybridized carbons (Fsp3) is 0.391. The van der Waals surface area contributed by atoms with Crippen LogP contribution in [0.5, 0.6) is 0 Å². The second-order valence-electron chi connectivity index (χ2n) is 7.31. The Morgan fingerprint density at radius 1 is 1.07 bits per heavy atom. The number of nitrogens with zero attached hydrogens (tertiary/aromatic N) is 3. The van der Waals surface area contributed by atoms with E-state index in [1.54, 1.807) is 11.8 Å². The summed E-state index contributed by atoms with van der Waals surface area (Å²) < 4.78 is 2.20. The average Bonchev–Trinajstić information content (AvgIpc) is 3.11. The third-order valence-electron chi connectivity index (χ3n) is 5.50. The van der Waals surface area contributed by atoms with E-state index in [9.17, 15) is 4.79 Å². The molecule has 4 rings (SSSR count). The van der Waals surface area contributed by atoms with Gasteiger partial charge in [0, 0.05) is 18.3 Å². The molecule has 0 saturated heterocycles.